The quantitative estimate of drug-likeness (QED) is 0.366. The highest BCUT2D eigenvalue weighted by molar-refractivity contribution is 6.30. The van der Waals surface area contributed by atoms with Gasteiger partial charge in [-0.3, -0.25) is 4.79 Å². The summed E-state index contributed by atoms with van der Waals surface area (Å²) in [5, 5.41) is 10.1. The molecule has 7 nitrogen and oxygen atoms in total. The largest absolute Gasteiger partial charge is 0.363 e. The number of benzene rings is 1. The maximum atomic E-state index is 13.3. The maximum absolute atomic E-state index is 13.3. The Morgan fingerprint density at radius 2 is 1.97 bits per heavy atom. The number of piperidine rings is 1. The molecule has 202 valence electrons. The van der Waals surface area contributed by atoms with E-state index in [1.54, 1.807) is 0 Å². The van der Waals surface area contributed by atoms with E-state index >= 15 is 0 Å². The molecule has 2 fully saturated rings. The standard InChI is InChI=1S/C28H45ClN4O3/c1-3-14-31-26(34)20-36-27(22-11-7-13-24(29)17-22)23-12-8-15-33(19-23)28(35)32-25(18-30-2)16-21-9-5-4-6-10-21/h7,11,13,17,21,23,25,27,30H,3-6,8-10,12,14-16,18-20H2,1-2H3,(H,31,34)(H,32,35)/t23-,25+,27+/m1/s1. The minimum atomic E-state index is -0.304. The molecule has 3 atom stereocenters. The summed E-state index contributed by atoms with van der Waals surface area (Å²) in [6.45, 7) is 4.75. The van der Waals surface area contributed by atoms with Crippen molar-refractivity contribution < 1.29 is 14.3 Å². The molecule has 0 aromatic heterocycles. The number of ether oxygens (including phenoxy) is 1. The summed E-state index contributed by atoms with van der Waals surface area (Å²) in [4.78, 5) is 27.5. The highest BCUT2D eigenvalue weighted by Gasteiger charge is 2.32. The monoisotopic (exact) mass is 520 g/mol. The Bertz CT molecular complexity index is 818. The number of halogens is 1. The van der Waals surface area contributed by atoms with Crippen LogP contribution in [0.4, 0.5) is 4.79 Å². The van der Waals surface area contributed by atoms with E-state index in [4.69, 9.17) is 16.3 Å². The highest BCUT2D eigenvalue weighted by atomic mass is 35.5. The number of rotatable bonds is 12. The number of carbonyl (C=O) groups excluding carboxylic acids is 2. The summed E-state index contributed by atoms with van der Waals surface area (Å²) in [6, 6.07) is 7.78. The second kappa shape index (κ2) is 15.4. The van der Waals surface area contributed by atoms with Crippen LogP contribution in [0, 0.1) is 11.8 Å². The van der Waals surface area contributed by atoms with Crippen LogP contribution >= 0.6 is 11.6 Å². The van der Waals surface area contributed by atoms with E-state index in [9.17, 15) is 9.59 Å². The van der Waals surface area contributed by atoms with Crippen LogP contribution in [0.5, 0.6) is 0 Å². The fourth-order valence-corrected chi connectivity index (χ4v) is 5.84. The molecule has 8 heteroatoms. The number of hydrogen-bond donors (Lipinski definition) is 3. The minimum Gasteiger partial charge on any atom is -0.363 e. The summed E-state index contributed by atoms with van der Waals surface area (Å²) < 4.78 is 6.19. The third-order valence-corrected chi connectivity index (χ3v) is 7.67. The van der Waals surface area contributed by atoms with E-state index in [1.165, 1.54) is 32.1 Å². The summed E-state index contributed by atoms with van der Waals surface area (Å²) >= 11 is 6.29. The van der Waals surface area contributed by atoms with Crippen molar-refractivity contribution in [3.05, 3.63) is 34.9 Å². The first-order valence-electron chi connectivity index (χ1n) is 13.8. The lowest BCUT2D eigenvalue weighted by atomic mass is 9.85. The molecule has 2 aliphatic rings. The van der Waals surface area contributed by atoms with Crippen molar-refractivity contribution in [3.63, 3.8) is 0 Å². The lowest BCUT2D eigenvalue weighted by Gasteiger charge is -2.38. The molecule has 0 unspecified atom stereocenters. The molecule has 36 heavy (non-hydrogen) atoms. The lowest BCUT2D eigenvalue weighted by Crippen LogP contribution is -2.52. The average molecular weight is 521 g/mol. The van der Waals surface area contributed by atoms with Crippen LogP contribution in [-0.4, -0.2) is 62.7 Å². The molecule has 1 heterocycles. The van der Waals surface area contributed by atoms with E-state index in [1.807, 2.05) is 43.1 Å². The SMILES string of the molecule is CCCNC(=O)CO[C@@H](c1cccc(Cl)c1)[C@@H]1CCCN(C(=O)N[C@H](CNC)CC2CCCCC2)C1. The number of nitrogens with one attached hydrogen (secondary N) is 3. The molecule has 1 saturated carbocycles. The molecule has 1 aliphatic carbocycles. The smallest absolute Gasteiger partial charge is 0.317 e. The Hall–Kier alpha value is -1.83. The molecule has 1 aromatic carbocycles. The number of likely N-dealkylation sites (N-methyl/N-ethyl adjacent to an activating group) is 1. The van der Waals surface area contributed by atoms with Crippen molar-refractivity contribution in [2.75, 3.05) is 39.8 Å². The van der Waals surface area contributed by atoms with Gasteiger partial charge in [0.15, 0.2) is 0 Å². The molecule has 0 bridgehead atoms. The Morgan fingerprint density at radius 1 is 1.17 bits per heavy atom. The summed E-state index contributed by atoms with van der Waals surface area (Å²) in [5.41, 5.74) is 0.948. The van der Waals surface area contributed by atoms with Crippen molar-refractivity contribution in [1.29, 1.82) is 0 Å². The molecular formula is C28H45ClN4O3. The van der Waals surface area contributed by atoms with Gasteiger partial charge in [-0.25, -0.2) is 4.79 Å². The number of hydrogen-bond acceptors (Lipinski definition) is 4. The van der Waals surface area contributed by atoms with Crippen LogP contribution in [0.15, 0.2) is 24.3 Å². The molecule has 1 saturated heterocycles. The van der Waals surface area contributed by atoms with Gasteiger partial charge in [-0.1, -0.05) is 62.8 Å². The molecule has 1 aliphatic heterocycles. The molecule has 3 rings (SSSR count). The van der Waals surface area contributed by atoms with E-state index in [-0.39, 0.29) is 36.6 Å². The van der Waals surface area contributed by atoms with Crippen LogP contribution in [-0.2, 0) is 9.53 Å². The first-order valence-corrected chi connectivity index (χ1v) is 14.2. The van der Waals surface area contributed by atoms with E-state index in [0.717, 1.165) is 44.3 Å². The third kappa shape index (κ3) is 9.24. The number of urea groups is 1. The van der Waals surface area contributed by atoms with Gasteiger partial charge >= 0.3 is 6.03 Å². The molecular weight excluding hydrogens is 476 g/mol. The molecule has 3 amide bonds. The van der Waals surface area contributed by atoms with E-state index in [0.29, 0.717) is 24.0 Å². The fraction of sp³-hybridized carbons (Fsp3) is 0.714. The predicted molar refractivity (Wildman–Crippen MR) is 145 cm³/mol. The predicted octanol–water partition coefficient (Wildman–Crippen LogP) is 4.90. The van der Waals surface area contributed by atoms with Crippen molar-refractivity contribution in [1.82, 2.24) is 20.9 Å². The van der Waals surface area contributed by atoms with Crippen LogP contribution in [0.2, 0.25) is 5.02 Å². The first kappa shape index (κ1) is 28.7. The third-order valence-electron chi connectivity index (χ3n) is 7.44. The summed E-state index contributed by atoms with van der Waals surface area (Å²) in [6.07, 6.45) is 9.93. The van der Waals surface area contributed by atoms with E-state index < -0.39 is 0 Å². The Kier molecular flexibility index (Phi) is 12.3. The second-order valence-electron chi connectivity index (χ2n) is 10.4. The van der Waals surface area contributed by atoms with Crippen molar-refractivity contribution in [3.8, 4) is 0 Å². The van der Waals surface area contributed by atoms with E-state index in [2.05, 4.69) is 16.0 Å². The van der Waals surface area contributed by atoms with Crippen molar-refractivity contribution in [2.24, 2.45) is 11.8 Å². The van der Waals surface area contributed by atoms with Crippen LogP contribution in [0.3, 0.4) is 0 Å². The van der Waals surface area contributed by atoms with Gasteiger partial charge in [-0.15, -0.1) is 0 Å². The number of likely N-dealkylation sites (tertiary alicyclic amines) is 1. The Morgan fingerprint density at radius 3 is 2.69 bits per heavy atom. The van der Waals surface area contributed by atoms with Gasteiger partial charge in [-0.2, -0.15) is 0 Å². The number of nitrogens with zero attached hydrogens (tertiary/aromatic N) is 1. The topological polar surface area (TPSA) is 82.7 Å². The Labute approximate surface area is 222 Å². The van der Waals surface area contributed by atoms with Gasteiger partial charge in [0.25, 0.3) is 0 Å². The normalized spacial score (nSPS) is 20.5. The maximum Gasteiger partial charge on any atom is 0.317 e. The zero-order valence-corrected chi connectivity index (χ0v) is 22.8. The Balaban J connectivity index is 1.64. The minimum absolute atomic E-state index is 0.00120. The van der Waals surface area contributed by atoms with Gasteiger partial charge in [-0.05, 0) is 56.3 Å². The zero-order valence-electron chi connectivity index (χ0n) is 22.1. The van der Waals surface area contributed by atoms with Gasteiger partial charge in [0.1, 0.15) is 6.61 Å². The number of carbonyl (C=O) groups is 2. The van der Waals surface area contributed by atoms with Gasteiger partial charge in [0.2, 0.25) is 5.91 Å². The van der Waals surface area contributed by atoms with Gasteiger partial charge in [0, 0.05) is 43.2 Å². The van der Waals surface area contributed by atoms with Crippen LogP contribution in [0.25, 0.3) is 0 Å². The number of amides is 3. The molecule has 0 spiro atoms. The first-order chi connectivity index (χ1) is 17.5. The van der Waals surface area contributed by atoms with Crippen LogP contribution in [0.1, 0.15) is 76.4 Å². The van der Waals surface area contributed by atoms with Gasteiger partial charge < -0.3 is 25.6 Å². The summed E-state index contributed by atoms with van der Waals surface area (Å²) in [7, 11) is 1.94. The highest BCUT2D eigenvalue weighted by Crippen LogP contribution is 2.34. The summed E-state index contributed by atoms with van der Waals surface area (Å²) in [5.74, 6) is 0.668. The fourth-order valence-electron chi connectivity index (χ4n) is 5.64. The van der Waals surface area contributed by atoms with Gasteiger partial charge in [0.05, 0.1) is 6.10 Å². The van der Waals surface area contributed by atoms with Crippen molar-refractivity contribution >= 4 is 23.5 Å². The molecule has 3 N–H and O–H groups in total. The second-order valence-corrected chi connectivity index (χ2v) is 10.9. The molecule has 0 radical (unpaired) electrons. The average Bonchev–Trinajstić information content (AvgIpc) is 2.88. The lowest BCUT2D eigenvalue weighted by molar-refractivity contribution is -0.129. The zero-order chi connectivity index (χ0) is 25.8. The van der Waals surface area contributed by atoms with Crippen molar-refractivity contribution in [2.45, 2.75) is 76.9 Å². The van der Waals surface area contributed by atoms with Crippen LogP contribution < -0.4 is 16.0 Å². The molecule has 1 aromatic rings.